The van der Waals surface area contributed by atoms with Crippen LogP contribution < -0.4 is 0 Å². The number of rotatable bonds is 5. The third kappa shape index (κ3) is 3.96. The average molecular weight is 271 g/mol. The van der Waals surface area contributed by atoms with Crippen LogP contribution in [-0.4, -0.2) is 11.7 Å². The molecule has 2 heteroatoms. The highest BCUT2D eigenvalue weighted by molar-refractivity contribution is 9.10. The van der Waals surface area contributed by atoms with Crippen molar-refractivity contribution in [3.8, 4) is 0 Å². The molecule has 0 heterocycles. The summed E-state index contributed by atoms with van der Waals surface area (Å²) in [5.74, 6) is 0.967. The van der Waals surface area contributed by atoms with E-state index in [1.165, 1.54) is 5.56 Å². The predicted molar refractivity (Wildman–Crippen MR) is 67.9 cm³/mol. The summed E-state index contributed by atoms with van der Waals surface area (Å²) in [7, 11) is 0. The lowest BCUT2D eigenvalue weighted by Crippen LogP contribution is -2.18. The van der Waals surface area contributed by atoms with Crippen molar-refractivity contribution in [2.75, 3.05) is 6.61 Å². The number of benzene rings is 1. The Hall–Kier alpha value is -0.340. The number of hydrogen-bond donors (Lipinski definition) is 1. The number of halogens is 1. The lowest BCUT2D eigenvalue weighted by molar-refractivity contribution is 0.179. The van der Waals surface area contributed by atoms with Gasteiger partial charge in [0.1, 0.15) is 0 Å². The summed E-state index contributed by atoms with van der Waals surface area (Å²) in [6.07, 6.45) is 2.10. The highest BCUT2D eigenvalue weighted by Crippen LogP contribution is 2.21. The molecule has 0 aliphatic rings. The van der Waals surface area contributed by atoms with E-state index in [0.717, 1.165) is 17.3 Å². The van der Waals surface area contributed by atoms with Crippen LogP contribution in [0.3, 0.4) is 0 Å². The van der Waals surface area contributed by atoms with Gasteiger partial charge in [-0.15, -0.1) is 0 Å². The van der Waals surface area contributed by atoms with Gasteiger partial charge in [0.25, 0.3) is 0 Å². The molecule has 1 nitrogen and oxygen atoms in total. The maximum absolute atomic E-state index is 9.33. The van der Waals surface area contributed by atoms with Crippen molar-refractivity contribution in [3.63, 3.8) is 0 Å². The third-order valence-corrected chi connectivity index (χ3v) is 3.62. The maximum atomic E-state index is 9.33. The molecule has 0 saturated heterocycles. The number of hydrogen-bond acceptors (Lipinski definition) is 1. The predicted octanol–water partition coefficient (Wildman–Crippen LogP) is 3.65. The fraction of sp³-hybridized carbons (Fsp3) is 0.538. The molecule has 0 saturated carbocycles. The van der Waals surface area contributed by atoms with Gasteiger partial charge >= 0.3 is 0 Å². The Morgan fingerprint density at radius 2 is 1.87 bits per heavy atom. The van der Waals surface area contributed by atoms with E-state index >= 15 is 0 Å². The first-order valence-electron chi connectivity index (χ1n) is 5.52. The van der Waals surface area contributed by atoms with Crippen molar-refractivity contribution >= 4 is 15.9 Å². The molecule has 1 aromatic carbocycles. The largest absolute Gasteiger partial charge is 0.396 e. The topological polar surface area (TPSA) is 20.2 Å². The second kappa shape index (κ2) is 6.29. The van der Waals surface area contributed by atoms with Gasteiger partial charge in [0.2, 0.25) is 0 Å². The Labute approximate surface area is 101 Å². The molecule has 0 aliphatic carbocycles. The summed E-state index contributed by atoms with van der Waals surface area (Å²) in [6.45, 7) is 4.67. The summed E-state index contributed by atoms with van der Waals surface area (Å²) < 4.78 is 1.11. The molecule has 0 spiro atoms. The van der Waals surface area contributed by atoms with Crippen LogP contribution in [-0.2, 0) is 6.42 Å². The van der Waals surface area contributed by atoms with Crippen molar-refractivity contribution in [3.05, 3.63) is 34.3 Å². The van der Waals surface area contributed by atoms with E-state index in [1.54, 1.807) is 0 Å². The zero-order valence-corrected chi connectivity index (χ0v) is 11.0. The summed E-state index contributed by atoms with van der Waals surface area (Å²) in [6, 6.07) is 8.35. The molecule has 0 amide bonds. The van der Waals surface area contributed by atoms with E-state index in [4.69, 9.17) is 0 Å². The van der Waals surface area contributed by atoms with Crippen LogP contribution >= 0.6 is 15.9 Å². The Morgan fingerprint density at radius 1 is 1.27 bits per heavy atom. The van der Waals surface area contributed by atoms with E-state index in [-0.39, 0.29) is 6.61 Å². The lowest BCUT2D eigenvalue weighted by Gasteiger charge is -2.20. The van der Waals surface area contributed by atoms with Gasteiger partial charge in [-0.1, -0.05) is 48.3 Å². The molecule has 15 heavy (non-hydrogen) atoms. The molecular formula is C13H19BrO. The summed E-state index contributed by atoms with van der Waals surface area (Å²) >= 11 is 3.42. The van der Waals surface area contributed by atoms with Crippen LogP contribution in [0.1, 0.15) is 25.8 Å². The van der Waals surface area contributed by atoms with Gasteiger partial charge in [0.15, 0.2) is 0 Å². The van der Waals surface area contributed by atoms with Crippen molar-refractivity contribution < 1.29 is 5.11 Å². The molecular weight excluding hydrogens is 252 g/mol. The summed E-state index contributed by atoms with van der Waals surface area (Å²) in [5.41, 5.74) is 1.30. The van der Waals surface area contributed by atoms with Gasteiger partial charge < -0.3 is 5.11 Å². The summed E-state index contributed by atoms with van der Waals surface area (Å²) in [4.78, 5) is 0. The van der Waals surface area contributed by atoms with Crippen molar-refractivity contribution in [2.24, 2.45) is 11.8 Å². The van der Waals surface area contributed by atoms with Gasteiger partial charge in [0, 0.05) is 11.1 Å². The Balaban J connectivity index is 2.62. The smallest absolute Gasteiger partial charge is 0.0464 e. The highest BCUT2D eigenvalue weighted by atomic mass is 79.9. The van der Waals surface area contributed by atoms with Gasteiger partial charge in [-0.2, -0.15) is 0 Å². The van der Waals surface area contributed by atoms with Crippen molar-refractivity contribution in [1.29, 1.82) is 0 Å². The van der Waals surface area contributed by atoms with Crippen molar-refractivity contribution in [1.82, 2.24) is 0 Å². The molecule has 0 bridgehead atoms. The Kier molecular flexibility index (Phi) is 5.34. The minimum absolute atomic E-state index is 0.283. The fourth-order valence-corrected chi connectivity index (χ4v) is 1.97. The first-order chi connectivity index (χ1) is 7.17. The zero-order chi connectivity index (χ0) is 11.3. The number of aliphatic hydroxyl groups is 1. The molecule has 1 rings (SSSR count). The molecule has 0 fully saturated rings. The molecule has 2 unspecified atom stereocenters. The minimum Gasteiger partial charge on any atom is -0.396 e. The number of aliphatic hydroxyl groups excluding tert-OH is 1. The second-order valence-corrected chi connectivity index (χ2v) is 5.07. The van der Waals surface area contributed by atoms with E-state index in [2.05, 4.69) is 54.0 Å². The van der Waals surface area contributed by atoms with Crippen LogP contribution in [0.5, 0.6) is 0 Å². The van der Waals surface area contributed by atoms with Crippen LogP contribution in [0.2, 0.25) is 0 Å². The van der Waals surface area contributed by atoms with Crippen LogP contribution in [0.15, 0.2) is 28.7 Å². The maximum Gasteiger partial charge on any atom is 0.0464 e. The average Bonchev–Trinajstić information content (AvgIpc) is 2.27. The fourth-order valence-electron chi connectivity index (χ4n) is 1.70. The molecule has 84 valence electrons. The van der Waals surface area contributed by atoms with Gasteiger partial charge in [-0.3, -0.25) is 0 Å². The van der Waals surface area contributed by atoms with Gasteiger partial charge in [0.05, 0.1) is 0 Å². The SMILES string of the molecule is CCC(C)C(CO)Cc1ccc(Br)cc1. The molecule has 1 aromatic rings. The van der Waals surface area contributed by atoms with Crippen LogP contribution in [0, 0.1) is 11.8 Å². The molecule has 0 aliphatic heterocycles. The standard InChI is InChI=1S/C13H19BrO/c1-3-10(2)12(9-15)8-11-4-6-13(14)7-5-11/h4-7,10,12,15H,3,8-9H2,1-2H3. The van der Waals surface area contributed by atoms with Crippen molar-refractivity contribution in [2.45, 2.75) is 26.7 Å². The van der Waals surface area contributed by atoms with Crippen LogP contribution in [0.4, 0.5) is 0 Å². The normalized spacial score (nSPS) is 14.9. The molecule has 2 atom stereocenters. The lowest BCUT2D eigenvalue weighted by atomic mass is 9.87. The molecule has 1 N–H and O–H groups in total. The first-order valence-corrected chi connectivity index (χ1v) is 6.32. The Morgan fingerprint density at radius 3 is 2.33 bits per heavy atom. The monoisotopic (exact) mass is 270 g/mol. The highest BCUT2D eigenvalue weighted by Gasteiger charge is 2.15. The van der Waals surface area contributed by atoms with E-state index in [1.807, 2.05) is 0 Å². The van der Waals surface area contributed by atoms with E-state index in [9.17, 15) is 5.11 Å². The van der Waals surface area contributed by atoms with Gasteiger partial charge in [-0.25, -0.2) is 0 Å². The Bertz CT molecular complexity index is 281. The van der Waals surface area contributed by atoms with E-state index < -0.39 is 0 Å². The molecule has 0 radical (unpaired) electrons. The second-order valence-electron chi connectivity index (χ2n) is 4.16. The quantitative estimate of drug-likeness (QED) is 0.866. The van der Waals surface area contributed by atoms with Gasteiger partial charge in [-0.05, 0) is 36.0 Å². The first kappa shape index (κ1) is 12.7. The van der Waals surface area contributed by atoms with E-state index in [0.29, 0.717) is 11.8 Å². The summed E-state index contributed by atoms with van der Waals surface area (Å²) in [5, 5.41) is 9.33. The molecule has 0 aromatic heterocycles. The third-order valence-electron chi connectivity index (χ3n) is 3.09. The van der Waals surface area contributed by atoms with Crippen LogP contribution in [0.25, 0.3) is 0 Å². The minimum atomic E-state index is 0.283. The zero-order valence-electron chi connectivity index (χ0n) is 9.41.